The van der Waals surface area contributed by atoms with Gasteiger partial charge in [-0.3, -0.25) is 0 Å². The molecule has 1 heterocycles. The summed E-state index contributed by atoms with van der Waals surface area (Å²) >= 11 is 0. The number of allylic oxidation sites excluding steroid dienone is 1. The summed E-state index contributed by atoms with van der Waals surface area (Å²) in [5, 5.41) is 8.69. The quantitative estimate of drug-likeness (QED) is 0.915. The first-order chi connectivity index (χ1) is 12.0. The number of nitrogens with one attached hydrogen (secondary N) is 1. The normalized spacial score (nSPS) is 14.9. The van der Waals surface area contributed by atoms with Crippen molar-refractivity contribution in [1.29, 1.82) is 5.26 Å². The van der Waals surface area contributed by atoms with Crippen LogP contribution < -0.4 is 9.89 Å². The minimum atomic E-state index is -0.00938. The molecule has 1 N–H and O–H groups in total. The number of nitrogens with zero attached hydrogens (tertiary/aromatic N) is 2. The minimum Gasteiger partial charge on any atom is -0.374 e. The van der Waals surface area contributed by atoms with Gasteiger partial charge in [-0.1, -0.05) is 30.3 Å². The SMILES string of the molecule is CN(CCC#N)c1ccc(/C=C/C2=[NH+]c3ccccc3C2(C)C)cc1. The van der Waals surface area contributed by atoms with Gasteiger partial charge in [0, 0.05) is 37.0 Å². The first kappa shape index (κ1) is 17.0. The molecule has 0 aliphatic carbocycles. The number of hydrogen-bond acceptors (Lipinski definition) is 2. The highest BCUT2D eigenvalue weighted by Crippen LogP contribution is 2.31. The lowest BCUT2D eigenvalue weighted by atomic mass is 9.81. The van der Waals surface area contributed by atoms with E-state index in [1.165, 1.54) is 22.5 Å². The van der Waals surface area contributed by atoms with E-state index in [4.69, 9.17) is 5.26 Å². The van der Waals surface area contributed by atoms with Crippen LogP contribution in [0.2, 0.25) is 0 Å². The van der Waals surface area contributed by atoms with Crippen LogP contribution >= 0.6 is 0 Å². The maximum Gasteiger partial charge on any atom is 0.208 e. The molecule has 1 aliphatic rings. The van der Waals surface area contributed by atoms with Gasteiger partial charge >= 0.3 is 0 Å². The van der Waals surface area contributed by atoms with Gasteiger partial charge in [-0.25, -0.2) is 4.99 Å². The number of hydrogen-bond donors (Lipinski definition) is 1. The maximum absolute atomic E-state index is 8.69. The molecule has 0 amide bonds. The van der Waals surface area contributed by atoms with E-state index >= 15 is 0 Å². The monoisotopic (exact) mass is 330 g/mol. The van der Waals surface area contributed by atoms with Crippen molar-refractivity contribution < 1.29 is 4.99 Å². The Kier molecular flexibility index (Phi) is 4.72. The summed E-state index contributed by atoms with van der Waals surface area (Å²) in [4.78, 5) is 5.64. The van der Waals surface area contributed by atoms with Crippen LogP contribution in [0.15, 0.2) is 54.6 Å². The third-order valence-electron chi connectivity index (χ3n) is 4.88. The molecule has 3 heteroatoms. The van der Waals surface area contributed by atoms with E-state index in [1.54, 1.807) is 0 Å². The van der Waals surface area contributed by atoms with E-state index in [9.17, 15) is 0 Å². The molecule has 1 aliphatic heterocycles. The second kappa shape index (κ2) is 6.94. The van der Waals surface area contributed by atoms with Gasteiger partial charge in [0.15, 0.2) is 5.71 Å². The van der Waals surface area contributed by atoms with Crippen molar-refractivity contribution in [3.63, 3.8) is 0 Å². The van der Waals surface area contributed by atoms with Crippen LogP contribution in [0.25, 0.3) is 6.08 Å². The summed E-state index contributed by atoms with van der Waals surface area (Å²) in [5.74, 6) is 0. The molecule has 0 radical (unpaired) electrons. The van der Waals surface area contributed by atoms with E-state index < -0.39 is 0 Å². The van der Waals surface area contributed by atoms with Crippen molar-refractivity contribution in [2.45, 2.75) is 25.7 Å². The smallest absolute Gasteiger partial charge is 0.208 e. The van der Waals surface area contributed by atoms with Crippen LogP contribution in [0.5, 0.6) is 0 Å². The lowest BCUT2D eigenvalue weighted by Gasteiger charge is -2.17. The molecule has 2 aromatic rings. The third-order valence-corrected chi connectivity index (χ3v) is 4.88. The number of benzene rings is 2. The predicted molar refractivity (Wildman–Crippen MR) is 104 cm³/mol. The fourth-order valence-corrected chi connectivity index (χ4v) is 3.20. The first-order valence-electron chi connectivity index (χ1n) is 8.62. The molecule has 0 atom stereocenters. The standard InChI is InChI=1S/C22H23N3/c1-22(2)19-7-4-5-8-20(19)24-21(22)14-11-17-9-12-18(13-10-17)25(3)16-6-15-23/h4-5,7-14H,6,16H2,1-3H3/p+1/b14-11+. The molecule has 0 saturated carbocycles. The zero-order valence-corrected chi connectivity index (χ0v) is 15.1. The predicted octanol–water partition coefficient (Wildman–Crippen LogP) is 3.19. The van der Waals surface area contributed by atoms with Gasteiger partial charge < -0.3 is 4.90 Å². The zero-order valence-electron chi connectivity index (χ0n) is 15.1. The molecule has 0 aromatic heterocycles. The minimum absolute atomic E-state index is 0.00938. The highest BCUT2D eigenvalue weighted by molar-refractivity contribution is 6.04. The van der Waals surface area contributed by atoms with E-state index in [0.717, 1.165) is 12.2 Å². The number of para-hydroxylation sites is 1. The fourth-order valence-electron chi connectivity index (χ4n) is 3.20. The van der Waals surface area contributed by atoms with Crippen molar-refractivity contribution >= 4 is 23.2 Å². The lowest BCUT2D eigenvalue weighted by Crippen LogP contribution is -2.65. The maximum atomic E-state index is 8.69. The molecule has 0 spiro atoms. The molecule has 3 rings (SSSR count). The van der Waals surface area contributed by atoms with E-state index in [-0.39, 0.29) is 5.41 Å². The van der Waals surface area contributed by atoms with Crippen LogP contribution in [-0.4, -0.2) is 19.3 Å². The highest BCUT2D eigenvalue weighted by Gasteiger charge is 2.39. The van der Waals surface area contributed by atoms with Crippen LogP contribution in [-0.2, 0) is 5.41 Å². The van der Waals surface area contributed by atoms with E-state index in [0.29, 0.717) is 6.42 Å². The molecule has 0 saturated heterocycles. The topological polar surface area (TPSA) is 41.0 Å². The molecule has 25 heavy (non-hydrogen) atoms. The second-order valence-electron chi connectivity index (χ2n) is 6.96. The van der Waals surface area contributed by atoms with Gasteiger partial charge in [-0.2, -0.15) is 5.26 Å². The molecule has 3 nitrogen and oxygen atoms in total. The van der Waals surface area contributed by atoms with Crippen molar-refractivity contribution in [1.82, 2.24) is 0 Å². The van der Waals surface area contributed by atoms with Crippen molar-refractivity contribution in [3.05, 3.63) is 65.7 Å². The van der Waals surface area contributed by atoms with Gasteiger partial charge in [-0.15, -0.1) is 0 Å². The number of fused-ring (bicyclic) bond motifs is 1. The largest absolute Gasteiger partial charge is 0.374 e. The van der Waals surface area contributed by atoms with Crippen LogP contribution in [0.1, 0.15) is 31.4 Å². The first-order valence-corrected chi connectivity index (χ1v) is 8.62. The Balaban J connectivity index is 1.74. The summed E-state index contributed by atoms with van der Waals surface area (Å²) < 4.78 is 0. The Hall–Kier alpha value is -2.86. The van der Waals surface area contributed by atoms with Gasteiger partial charge in [0.05, 0.1) is 17.9 Å². The average Bonchev–Trinajstić information content (AvgIpc) is 2.89. The molecule has 0 fully saturated rings. The van der Waals surface area contributed by atoms with Crippen LogP contribution in [0.4, 0.5) is 11.4 Å². The molecule has 0 bridgehead atoms. The van der Waals surface area contributed by atoms with Crippen molar-refractivity contribution in [2.24, 2.45) is 0 Å². The van der Waals surface area contributed by atoms with Gasteiger partial charge in [0.2, 0.25) is 5.69 Å². The van der Waals surface area contributed by atoms with E-state index in [2.05, 4.69) is 90.5 Å². The molecular weight excluding hydrogens is 306 g/mol. The molecule has 2 aromatic carbocycles. The fraction of sp³-hybridized carbons (Fsp3) is 0.273. The Morgan fingerprint density at radius 1 is 1.08 bits per heavy atom. The average molecular weight is 330 g/mol. The number of nitriles is 1. The summed E-state index contributed by atoms with van der Waals surface area (Å²) in [6.45, 7) is 5.25. The lowest BCUT2D eigenvalue weighted by molar-refractivity contribution is -0.349. The highest BCUT2D eigenvalue weighted by atomic mass is 15.1. The van der Waals surface area contributed by atoms with Gasteiger partial charge in [0.25, 0.3) is 0 Å². The van der Waals surface area contributed by atoms with Gasteiger partial charge in [-0.05, 0) is 37.6 Å². The van der Waals surface area contributed by atoms with Crippen molar-refractivity contribution in [3.8, 4) is 6.07 Å². The van der Waals surface area contributed by atoms with Gasteiger partial charge in [0.1, 0.15) is 0 Å². The molecular formula is C22H24N3+. The number of anilines is 1. The Morgan fingerprint density at radius 3 is 2.48 bits per heavy atom. The van der Waals surface area contributed by atoms with Crippen LogP contribution in [0, 0.1) is 11.3 Å². The van der Waals surface area contributed by atoms with Crippen molar-refractivity contribution in [2.75, 3.05) is 18.5 Å². The number of rotatable bonds is 5. The molecule has 126 valence electrons. The Morgan fingerprint density at radius 2 is 1.80 bits per heavy atom. The summed E-state index contributed by atoms with van der Waals surface area (Å²) in [6, 6.07) is 19.1. The third kappa shape index (κ3) is 3.49. The molecule has 0 unspecified atom stereocenters. The zero-order chi connectivity index (χ0) is 17.9. The summed E-state index contributed by atoms with van der Waals surface area (Å²) in [5.41, 5.74) is 6.03. The van der Waals surface area contributed by atoms with Crippen LogP contribution in [0.3, 0.4) is 0 Å². The Bertz CT molecular complexity index is 852. The Labute approximate surface area is 149 Å². The van der Waals surface area contributed by atoms with E-state index in [1.807, 2.05) is 7.05 Å². The summed E-state index contributed by atoms with van der Waals surface area (Å²) in [6.07, 6.45) is 4.86. The second-order valence-corrected chi connectivity index (χ2v) is 6.96. The summed E-state index contributed by atoms with van der Waals surface area (Å²) in [7, 11) is 2.01.